The Balaban J connectivity index is 1.63. The lowest BCUT2D eigenvalue weighted by Crippen LogP contribution is -3.08. The van der Waals surface area contributed by atoms with Gasteiger partial charge in [-0.25, -0.2) is 0 Å². The van der Waals surface area contributed by atoms with Gasteiger partial charge in [0.15, 0.2) is 6.54 Å². The zero-order chi connectivity index (χ0) is 18.0. The molecule has 0 bridgehead atoms. The Hall–Kier alpha value is -1.58. The van der Waals surface area contributed by atoms with Gasteiger partial charge in [-0.2, -0.15) is 5.26 Å². The molecule has 130 valence electrons. The Bertz CT molecular complexity index is 857. The second-order valence-corrected chi connectivity index (χ2v) is 8.14. The molecule has 25 heavy (non-hydrogen) atoms. The molecule has 3 rings (SSSR count). The fraction of sp³-hybridized carbons (Fsp3) is 0.333. The van der Waals surface area contributed by atoms with E-state index in [9.17, 15) is 10.1 Å². The second-order valence-electron chi connectivity index (χ2n) is 6.25. The highest BCUT2D eigenvalue weighted by Gasteiger charge is 2.23. The number of anilines is 1. The quantitative estimate of drug-likeness (QED) is 0.818. The van der Waals surface area contributed by atoms with E-state index in [1.807, 2.05) is 19.2 Å². The van der Waals surface area contributed by atoms with E-state index in [1.54, 1.807) is 6.07 Å². The molecular weight excluding hydrogens is 377 g/mol. The van der Waals surface area contributed by atoms with Crippen molar-refractivity contribution in [3.05, 3.63) is 49.8 Å². The van der Waals surface area contributed by atoms with Crippen molar-refractivity contribution in [1.29, 1.82) is 5.26 Å². The number of fused-ring (bicyclic) bond motifs is 1. The molecule has 1 aliphatic carbocycles. The van der Waals surface area contributed by atoms with Gasteiger partial charge >= 0.3 is 0 Å². The van der Waals surface area contributed by atoms with Crippen LogP contribution in [0.2, 0.25) is 10.0 Å². The summed E-state index contributed by atoms with van der Waals surface area (Å²) in [6.07, 6.45) is 3.03. The molecule has 4 nitrogen and oxygen atoms in total. The van der Waals surface area contributed by atoms with Crippen molar-refractivity contribution >= 4 is 45.4 Å². The van der Waals surface area contributed by atoms with Crippen molar-refractivity contribution in [1.82, 2.24) is 0 Å². The van der Waals surface area contributed by atoms with Crippen LogP contribution in [0.1, 0.15) is 28.0 Å². The number of nitriles is 1. The Morgan fingerprint density at radius 3 is 2.96 bits per heavy atom. The number of likely N-dealkylation sites (N-methyl/N-ethyl adjacent to an activating group) is 1. The summed E-state index contributed by atoms with van der Waals surface area (Å²) in [6, 6.07) is 7.75. The number of thiophene rings is 1. The van der Waals surface area contributed by atoms with Crippen LogP contribution in [0.5, 0.6) is 0 Å². The Morgan fingerprint density at radius 1 is 1.40 bits per heavy atom. The first-order valence-corrected chi connectivity index (χ1v) is 9.65. The number of halogens is 2. The molecule has 0 saturated carbocycles. The predicted octanol–water partition coefficient (Wildman–Crippen LogP) is 3.07. The van der Waals surface area contributed by atoms with Crippen molar-refractivity contribution in [2.24, 2.45) is 0 Å². The highest BCUT2D eigenvalue weighted by molar-refractivity contribution is 7.16. The molecule has 2 N–H and O–H groups in total. The van der Waals surface area contributed by atoms with Crippen molar-refractivity contribution in [2.75, 3.05) is 18.9 Å². The van der Waals surface area contributed by atoms with Gasteiger partial charge in [0.1, 0.15) is 17.6 Å². The van der Waals surface area contributed by atoms with Crippen LogP contribution in [0, 0.1) is 11.3 Å². The average Bonchev–Trinajstić information content (AvgIpc) is 3.12. The highest BCUT2D eigenvalue weighted by Crippen LogP contribution is 2.38. The van der Waals surface area contributed by atoms with Crippen LogP contribution < -0.4 is 10.2 Å². The number of nitrogens with zero attached hydrogens (tertiary/aromatic N) is 1. The van der Waals surface area contributed by atoms with Gasteiger partial charge in [-0.15, -0.1) is 11.3 Å². The largest absolute Gasteiger partial charge is 0.326 e. The molecule has 0 fully saturated rings. The monoisotopic (exact) mass is 394 g/mol. The van der Waals surface area contributed by atoms with E-state index in [1.165, 1.54) is 16.2 Å². The minimum atomic E-state index is -0.105. The van der Waals surface area contributed by atoms with E-state index in [0.29, 0.717) is 27.2 Å². The SMILES string of the molecule is C[NH+](CC(=O)Nc1sc2c(c1C#N)CCC2)Cc1cccc(Cl)c1Cl. The molecule has 1 atom stereocenters. The molecule has 0 saturated heterocycles. The van der Waals surface area contributed by atoms with E-state index in [4.69, 9.17) is 23.2 Å². The molecule has 1 aliphatic rings. The van der Waals surface area contributed by atoms with Gasteiger partial charge in [0.25, 0.3) is 5.91 Å². The number of amides is 1. The zero-order valence-corrected chi connectivity index (χ0v) is 16.1. The molecule has 1 amide bonds. The fourth-order valence-corrected chi connectivity index (χ4v) is 4.77. The van der Waals surface area contributed by atoms with Crippen LogP contribution in [-0.2, 0) is 24.2 Å². The number of hydrogen-bond donors (Lipinski definition) is 2. The van der Waals surface area contributed by atoms with Crippen LogP contribution in [0.4, 0.5) is 5.00 Å². The maximum atomic E-state index is 12.4. The van der Waals surface area contributed by atoms with Gasteiger partial charge in [-0.3, -0.25) is 4.79 Å². The van der Waals surface area contributed by atoms with Gasteiger partial charge in [0, 0.05) is 10.4 Å². The number of hydrogen-bond acceptors (Lipinski definition) is 3. The number of aryl methyl sites for hydroxylation is 1. The summed E-state index contributed by atoms with van der Waals surface area (Å²) in [7, 11) is 1.93. The molecular formula is C18H18Cl2N3OS+. The number of nitrogens with one attached hydrogen (secondary N) is 2. The maximum Gasteiger partial charge on any atom is 0.280 e. The molecule has 0 radical (unpaired) electrons. The first-order chi connectivity index (χ1) is 12.0. The van der Waals surface area contributed by atoms with Crippen molar-refractivity contribution in [3.63, 3.8) is 0 Å². The minimum Gasteiger partial charge on any atom is -0.326 e. The van der Waals surface area contributed by atoms with Gasteiger partial charge in [-0.1, -0.05) is 35.3 Å². The second kappa shape index (κ2) is 7.76. The van der Waals surface area contributed by atoms with Crippen LogP contribution in [0.15, 0.2) is 18.2 Å². The van der Waals surface area contributed by atoms with Crippen molar-refractivity contribution in [3.8, 4) is 6.07 Å². The molecule has 1 heterocycles. The molecule has 1 unspecified atom stereocenters. The number of carbonyl (C=O) groups excluding carboxylic acids is 1. The van der Waals surface area contributed by atoms with E-state index >= 15 is 0 Å². The summed E-state index contributed by atoms with van der Waals surface area (Å²) in [6.45, 7) is 0.884. The number of benzene rings is 1. The standard InChI is InChI=1S/C18H17Cl2N3OS/c1-23(9-11-4-2-6-14(19)17(11)20)10-16(24)22-18-13(8-21)12-5-3-7-15(12)25-18/h2,4,6H,3,5,7,9-10H2,1H3,(H,22,24)/p+1. The summed E-state index contributed by atoms with van der Waals surface area (Å²) in [5.74, 6) is -0.105. The molecule has 1 aromatic heterocycles. The predicted molar refractivity (Wildman–Crippen MR) is 102 cm³/mol. The maximum absolute atomic E-state index is 12.4. The lowest BCUT2D eigenvalue weighted by atomic mass is 10.1. The normalized spacial score (nSPS) is 14.0. The van der Waals surface area contributed by atoms with Crippen LogP contribution in [-0.4, -0.2) is 19.5 Å². The molecule has 0 spiro atoms. The van der Waals surface area contributed by atoms with Gasteiger partial charge in [0.05, 0.1) is 22.7 Å². The first kappa shape index (κ1) is 18.2. The lowest BCUT2D eigenvalue weighted by molar-refractivity contribution is -0.885. The zero-order valence-electron chi connectivity index (χ0n) is 13.8. The van der Waals surface area contributed by atoms with Crippen LogP contribution in [0.25, 0.3) is 0 Å². The fourth-order valence-electron chi connectivity index (χ4n) is 3.13. The van der Waals surface area contributed by atoms with Gasteiger partial charge < -0.3 is 10.2 Å². The van der Waals surface area contributed by atoms with Crippen LogP contribution >= 0.6 is 34.5 Å². The van der Waals surface area contributed by atoms with E-state index in [2.05, 4.69) is 11.4 Å². The van der Waals surface area contributed by atoms with Gasteiger partial charge in [0.2, 0.25) is 0 Å². The summed E-state index contributed by atoms with van der Waals surface area (Å²) in [5, 5.41) is 14.0. The number of carbonyl (C=O) groups is 1. The van der Waals surface area contributed by atoms with E-state index < -0.39 is 0 Å². The summed E-state index contributed by atoms with van der Waals surface area (Å²) < 4.78 is 0. The molecule has 2 aromatic rings. The molecule has 7 heteroatoms. The molecule has 0 aliphatic heterocycles. The van der Waals surface area contributed by atoms with Gasteiger partial charge in [-0.05, 0) is 30.9 Å². The smallest absolute Gasteiger partial charge is 0.280 e. The van der Waals surface area contributed by atoms with E-state index in [0.717, 1.165) is 35.3 Å². The van der Waals surface area contributed by atoms with Crippen LogP contribution in [0.3, 0.4) is 0 Å². The van der Waals surface area contributed by atoms with Crippen molar-refractivity contribution in [2.45, 2.75) is 25.8 Å². The third-order valence-corrected chi connectivity index (χ3v) is 6.34. The topological polar surface area (TPSA) is 57.3 Å². The first-order valence-electron chi connectivity index (χ1n) is 8.08. The minimum absolute atomic E-state index is 0.105. The molecule has 1 aromatic carbocycles. The average molecular weight is 395 g/mol. The van der Waals surface area contributed by atoms with E-state index in [-0.39, 0.29) is 12.5 Å². The third-order valence-electron chi connectivity index (χ3n) is 4.27. The summed E-state index contributed by atoms with van der Waals surface area (Å²) in [5.41, 5.74) is 2.67. The third kappa shape index (κ3) is 3.99. The Labute approximate surface area is 161 Å². The Kier molecular flexibility index (Phi) is 5.65. The summed E-state index contributed by atoms with van der Waals surface area (Å²) in [4.78, 5) is 14.6. The van der Waals surface area contributed by atoms with Crippen molar-refractivity contribution < 1.29 is 9.69 Å². The highest BCUT2D eigenvalue weighted by atomic mass is 35.5. The lowest BCUT2D eigenvalue weighted by Gasteiger charge is -2.15. The number of quaternary nitrogens is 1. The number of rotatable bonds is 5. The summed E-state index contributed by atoms with van der Waals surface area (Å²) >= 11 is 13.8. The Morgan fingerprint density at radius 2 is 2.20 bits per heavy atom.